The van der Waals surface area contributed by atoms with Gasteiger partial charge in [0.1, 0.15) is 11.8 Å². The number of β-amino-alcohol motifs (C(OH)–C–C–N with tert-alkyl or cyclic N) is 1. The second-order valence-corrected chi connectivity index (χ2v) is 4.39. The van der Waals surface area contributed by atoms with Crippen LogP contribution >= 0.6 is 0 Å². The van der Waals surface area contributed by atoms with E-state index in [1.165, 1.54) is 0 Å². The quantitative estimate of drug-likeness (QED) is 0.684. The predicted molar refractivity (Wildman–Crippen MR) is 60.2 cm³/mol. The number of nitrogens with zero attached hydrogens (tertiary/aromatic N) is 1. The van der Waals surface area contributed by atoms with Gasteiger partial charge in [-0.25, -0.2) is 4.98 Å². The molecule has 1 fully saturated rings. The maximum absolute atomic E-state index is 11.8. The molecule has 1 aliphatic heterocycles. The summed E-state index contributed by atoms with van der Waals surface area (Å²) in [5.41, 5.74) is 0. The fraction of sp³-hybridized carbons (Fsp3) is 0.636. The van der Waals surface area contributed by atoms with Crippen molar-refractivity contribution in [2.45, 2.75) is 38.5 Å². The number of amides is 1. The van der Waals surface area contributed by atoms with Crippen molar-refractivity contribution in [3.8, 4) is 0 Å². The molecule has 0 spiro atoms. The molecule has 6 heteroatoms. The number of oxazole rings is 1. The molecule has 3 unspecified atom stereocenters. The van der Waals surface area contributed by atoms with Crippen molar-refractivity contribution in [3.63, 3.8) is 0 Å². The van der Waals surface area contributed by atoms with Crippen LogP contribution in [-0.4, -0.2) is 34.7 Å². The number of aromatic nitrogens is 1. The number of hydrogen-bond acceptors (Lipinski definition) is 5. The Bertz CT molecular complexity index is 404. The largest absolute Gasteiger partial charge is 0.444 e. The van der Waals surface area contributed by atoms with Gasteiger partial charge >= 0.3 is 0 Å². The summed E-state index contributed by atoms with van der Waals surface area (Å²) < 4.78 is 5.33. The zero-order valence-corrected chi connectivity index (χ0v) is 9.93. The molecule has 94 valence electrons. The van der Waals surface area contributed by atoms with Crippen LogP contribution in [0.15, 0.2) is 10.6 Å². The molecule has 1 aromatic rings. The standard InChI is InChI=1S/C11H17N3O3/c1-6-4-13-11(17-6)7(2)14-10(16)9-3-8(15)5-12-9/h4,7-9,12,15H,3,5H2,1-2H3,(H,14,16). The SMILES string of the molecule is Cc1cnc(C(C)NC(=O)C2CC(O)CN2)o1. The number of carbonyl (C=O) groups excluding carboxylic acids is 1. The normalized spacial score (nSPS) is 25.8. The van der Waals surface area contributed by atoms with Gasteiger partial charge in [0.2, 0.25) is 11.8 Å². The first-order chi connectivity index (χ1) is 8.06. The smallest absolute Gasteiger partial charge is 0.237 e. The van der Waals surface area contributed by atoms with Crippen LogP contribution in [0.25, 0.3) is 0 Å². The molecular formula is C11H17N3O3. The Balaban J connectivity index is 1.90. The van der Waals surface area contributed by atoms with E-state index < -0.39 is 6.10 Å². The fourth-order valence-corrected chi connectivity index (χ4v) is 1.86. The molecule has 6 nitrogen and oxygen atoms in total. The van der Waals surface area contributed by atoms with Crippen LogP contribution in [0, 0.1) is 6.92 Å². The Kier molecular flexibility index (Phi) is 3.44. The fourth-order valence-electron chi connectivity index (χ4n) is 1.86. The summed E-state index contributed by atoms with van der Waals surface area (Å²) in [6, 6.07) is -0.598. The van der Waals surface area contributed by atoms with Crippen LogP contribution in [0.4, 0.5) is 0 Å². The molecule has 1 saturated heterocycles. The summed E-state index contributed by atoms with van der Waals surface area (Å²) in [4.78, 5) is 15.9. The molecule has 0 aromatic carbocycles. The van der Waals surface area contributed by atoms with Crippen LogP contribution in [0.2, 0.25) is 0 Å². The van der Waals surface area contributed by atoms with Gasteiger partial charge in [-0.05, 0) is 20.3 Å². The molecule has 0 bridgehead atoms. The maximum atomic E-state index is 11.8. The predicted octanol–water partition coefficient (Wildman–Crippen LogP) is -0.117. The van der Waals surface area contributed by atoms with Gasteiger partial charge < -0.3 is 20.2 Å². The first-order valence-corrected chi connectivity index (χ1v) is 5.70. The second-order valence-electron chi connectivity index (χ2n) is 4.39. The molecule has 0 aliphatic carbocycles. The van der Waals surface area contributed by atoms with Crippen LogP contribution in [0.1, 0.15) is 31.0 Å². The number of aryl methyl sites for hydroxylation is 1. The van der Waals surface area contributed by atoms with Crippen molar-refractivity contribution in [3.05, 3.63) is 17.8 Å². The Morgan fingerprint density at radius 2 is 2.53 bits per heavy atom. The summed E-state index contributed by atoms with van der Waals surface area (Å²) in [5, 5.41) is 15.1. The lowest BCUT2D eigenvalue weighted by atomic mass is 10.2. The van der Waals surface area contributed by atoms with E-state index in [9.17, 15) is 9.90 Å². The molecule has 3 N–H and O–H groups in total. The minimum Gasteiger partial charge on any atom is -0.444 e. The molecule has 2 heterocycles. The number of carbonyl (C=O) groups is 1. The topological polar surface area (TPSA) is 87.4 Å². The first-order valence-electron chi connectivity index (χ1n) is 5.70. The maximum Gasteiger partial charge on any atom is 0.237 e. The van der Waals surface area contributed by atoms with E-state index in [0.29, 0.717) is 18.9 Å². The number of rotatable bonds is 3. The molecule has 3 atom stereocenters. The third kappa shape index (κ3) is 2.83. The highest BCUT2D eigenvalue weighted by Crippen LogP contribution is 2.13. The average molecular weight is 239 g/mol. The molecular weight excluding hydrogens is 222 g/mol. The van der Waals surface area contributed by atoms with E-state index >= 15 is 0 Å². The summed E-state index contributed by atoms with van der Waals surface area (Å²) in [5.74, 6) is 1.08. The van der Waals surface area contributed by atoms with Crippen LogP contribution in [-0.2, 0) is 4.79 Å². The second kappa shape index (κ2) is 4.85. The Labute approximate surface area is 99.4 Å². The van der Waals surface area contributed by atoms with Gasteiger partial charge in [0, 0.05) is 6.54 Å². The van der Waals surface area contributed by atoms with Crippen molar-refractivity contribution < 1.29 is 14.3 Å². The molecule has 17 heavy (non-hydrogen) atoms. The summed E-state index contributed by atoms with van der Waals surface area (Å²) in [7, 11) is 0. The van der Waals surface area contributed by atoms with Gasteiger partial charge in [0.05, 0.1) is 18.3 Å². The van der Waals surface area contributed by atoms with Gasteiger partial charge in [0.15, 0.2) is 0 Å². The average Bonchev–Trinajstić information content (AvgIpc) is 2.87. The molecule has 1 amide bonds. The third-order valence-corrected chi connectivity index (χ3v) is 2.79. The molecule has 2 rings (SSSR count). The van der Waals surface area contributed by atoms with Crippen LogP contribution in [0.3, 0.4) is 0 Å². The Morgan fingerprint density at radius 3 is 3.06 bits per heavy atom. The lowest BCUT2D eigenvalue weighted by Gasteiger charge is -2.14. The molecule has 0 radical (unpaired) electrons. The van der Waals surface area contributed by atoms with Crippen molar-refractivity contribution in [1.82, 2.24) is 15.6 Å². The van der Waals surface area contributed by atoms with Crippen molar-refractivity contribution in [2.75, 3.05) is 6.54 Å². The number of hydrogen-bond donors (Lipinski definition) is 3. The highest BCUT2D eigenvalue weighted by atomic mass is 16.4. The van der Waals surface area contributed by atoms with Crippen molar-refractivity contribution in [2.24, 2.45) is 0 Å². The number of nitrogens with one attached hydrogen (secondary N) is 2. The van der Waals surface area contributed by atoms with Gasteiger partial charge in [-0.2, -0.15) is 0 Å². The van der Waals surface area contributed by atoms with Crippen molar-refractivity contribution in [1.29, 1.82) is 0 Å². The Hall–Kier alpha value is -1.40. The van der Waals surface area contributed by atoms with Crippen molar-refractivity contribution >= 4 is 5.91 Å². The van der Waals surface area contributed by atoms with Crippen LogP contribution < -0.4 is 10.6 Å². The van der Waals surface area contributed by atoms with Gasteiger partial charge in [-0.1, -0.05) is 0 Å². The summed E-state index contributed by atoms with van der Waals surface area (Å²) in [6.07, 6.45) is 1.63. The van der Waals surface area contributed by atoms with E-state index in [1.54, 1.807) is 13.1 Å². The van der Waals surface area contributed by atoms with Gasteiger partial charge in [0.25, 0.3) is 0 Å². The third-order valence-electron chi connectivity index (χ3n) is 2.79. The zero-order chi connectivity index (χ0) is 12.4. The van der Waals surface area contributed by atoms with E-state index in [2.05, 4.69) is 15.6 Å². The summed E-state index contributed by atoms with van der Waals surface area (Å²) >= 11 is 0. The number of aliphatic hydroxyl groups excluding tert-OH is 1. The van der Waals surface area contributed by atoms with Crippen LogP contribution in [0.5, 0.6) is 0 Å². The van der Waals surface area contributed by atoms with Gasteiger partial charge in [-0.15, -0.1) is 0 Å². The van der Waals surface area contributed by atoms with E-state index in [1.807, 2.05) is 6.92 Å². The van der Waals surface area contributed by atoms with E-state index in [-0.39, 0.29) is 18.0 Å². The first kappa shape index (κ1) is 12.1. The van der Waals surface area contributed by atoms with E-state index in [0.717, 1.165) is 5.76 Å². The highest BCUT2D eigenvalue weighted by Gasteiger charge is 2.29. The minimum atomic E-state index is -0.440. The lowest BCUT2D eigenvalue weighted by Crippen LogP contribution is -2.41. The van der Waals surface area contributed by atoms with Gasteiger partial charge in [-0.3, -0.25) is 4.79 Å². The lowest BCUT2D eigenvalue weighted by molar-refractivity contribution is -0.123. The monoisotopic (exact) mass is 239 g/mol. The number of aliphatic hydroxyl groups is 1. The molecule has 0 saturated carbocycles. The summed E-state index contributed by atoms with van der Waals surface area (Å²) in [6.45, 7) is 4.08. The Morgan fingerprint density at radius 1 is 1.76 bits per heavy atom. The molecule has 1 aliphatic rings. The van der Waals surface area contributed by atoms with E-state index in [4.69, 9.17) is 4.42 Å². The zero-order valence-electron chi connectivity index (χ0n) is 9.93. The molecule has 1 aromatic heterocycles. The highest BCUT2D eigenvalue weighted by molar-refractivity contribution is 5.82. The minimum absolute atomic E-state index is 0.134.